The molecule has 0 amide bonds. The van der Waals surface area contributed by atoms with E-state index < -0.39 is 10.0 Å². The molecule has 6 heteroatoms. The monoisotopic (exact) mass is 295 g/mol. The minimum Gasteiger partial charge on any atom is -0.212 e. The third-order valence-electron chi connectivity index (χ3n) is 2.18. The maximum atomic E-state index is 11.5. The van der Waals surface area contributed by atoms with Crippen molar-refractivity contribution in [2.75, 3.05) is 12.3 Å². The summed E-state index contributed by atoms with van der Waals surface area (Å²) in [6.07, 6.45) is 0.758. The molecule has 1 aliphatic heterocycles. The SMILES string of the molecule is O=S1(=O)CCCN1Cc1csc(Br)c1. The van der Waals surface area contributed by atoms with E-state index in [0.29, 0.717) is 18.8 Å². The average Bonchev–Trinajstić information content (AvgIpc) is 2.61. The van der Waals surface area contributed by atoms with E-state index in [1.54, 1.807) is 15.6 Å². The molecule has 0 N–H and O–H groups in total. The topological polar surface area (TPSA) is 37.4 Å². The van der Waals surface area contributed by atoms with E-state index >= 15 is 0 Å². The van der Waals surface area contributed by atoms with Crippen LogP contribution in [0, 0.1) is 0 Å². The summed E-state index contributed by atoms with van der Waals surface area (Å²) in [5, 5.41) is 1.98. The number of halogens is 1. The predicted octanol–water partition coefficient (Wildman–Crippen LogP) is 2.05. The number of rotatable bonds is 2. The van der Waals surface area contributed by atoms with Gasteiger partial charge in [0.2, 0.25) is 10.0 Å². The second-order valence-electron chi connectivity index (χ2n) is 3.26. The van der Waals surface area contributed by atoms with Gasteiger partial charge in [-0.05, 0) is 39.4 Å². The maximum absolute atomic E-state index is 11.5. The van der Waals surface area contributed by atoms with E-state index in [4.69, 9.17) is 0 Å². The van der Waals surface area contributed by atoms with Crippen LogP contribution in [-0.4, -0.2) is 25.0 Å². The molecule has 3 nitrogen and oxygen atoms in total. The molecule has 0 atom stereocenters. The Morgan fingerprint density at radius 3 is 2.86 bits per heavy atom. The summed E-state index contributed by atoms with van der Waals surface area (Å²) in [6.45, 7) is 1.18. The van der Waals surface area contributed by atoms with Crippen molar-refractivity contribution in [2.24, 2.45) is 0 Å². The van der Waals surface area contributed by atoms with Crippen molar-refractivity contribution in [3.05, 3.63) is 20.8 Å². The molecule has 1 saturated heterocycles. The fourth-order valence-corrected chi connectivity index (χ4v) is 4.21. The largest absolute Gasteiger partial charge is 0.214 e. The molecule has 0 saturated carbocycles. The summed E-state index contributed by atoms with van der Waals surface area (Å²) in [6, 6.07) is 1.97. The van der Waals surface area contributed by atoms with Gasteiger partial charge in [0.05, 0.1) is 9.54 Å². The third-order valence-corrected chi connectivity index (χ3v) is 5.64. The van der Waals surface area contributed by atoms with Crippen LogP contribution in [0.3, 0.4) is 0 Å². The first-order chi connectivity index (χ1) is 6.58. The second kappa shape index (κ2) is 3.92. The summed E-state index contributed by atoms with van der Waals surface area (Å²) < 4.78 is 25.6. The Labute approximate surface area is 95.9 Å². The summed E-state index contributed by atoms with van der Waals surface area (Å²) in [7, 11) is -2.95. The van der Waals surface area contributed by atoms with Crippen LogP contribution in [-0.2, 0) is 16.6 Å². The lowest BCUT2D eigenvalue weighted by atomic mass is 10.3. The van der Waals surface area contributed by atoms with Crippen LogP contribution in [0.2, 0.25) is 0 Å². The van der Waals surface area contributed by atoms with E-state index in [0.717, 1.165) is 15.8 Å². The zero-order chi connectivity index (χ0) is 10.2. The van der Waals surface area contributed by atoms with E-state index in [9.17, 15) is 8.42 Å². The van der Waals surface area contributed by atoms with E-state index in [1.807, 2.05) is 11.4 Å². The Morgan fingerprint density at radius 1 is 1.57 bits per heavy atom. The smallest absolute Gasteiger partial charge is 0.212 e. The number of hydrogen-bond donors (Lipinski definition) is 0. The van der Waals surface area contributed by atoms with Gasteiger partial charge >= 0.3 is 0 Å². The number of hydrogen-bond acceptors (Lipinski definition) is 3. The van der Waals surface area contributed by atoms with Crippen LogP contribution in [0.4, 0.5) is 0 Å². The Kier molecular flexibility index (Phi) is 2.97. The van der Waals surface area contributed by atoms with Gasteiger partial charge in [0.1, 0.15) is 0 Å². The standard InChI is InChI=1S/C8H10BrNO2S2/c9-8-4-7(6-13-8)5-10-2-1-3-14(10,11)12/h4,6H,1-3,5H2. The van der Waals surface area contributed by atoms with Gasteiger partial charge in [0.15, 0.2) is 0 Å². The molecule has 2 rings (SSSR count). The highest BCUT2D eigenvalue weighted by Gasteiger charge is 2.28. The molecule has 0 spiro atoms. The minimum atomic E-state index is -2.95. The molecular formula is C8H10BrNO2S2. The van der Waals surface area contributed by atoms with Crippen LogP contribution in [0.1, 0.15) is 12.0 Å². The van der Waals surface area contributed by atoms with E-state index in [-0.39, 0.29) is 0 Å². The number of sulfonamides is 1. The Hall–Kier alpha value is 0.0900. The normalized spacial score (nSPS) is 21.5. The molecule has 1 aromatic rings. The summed E-state index contributed by atoms with van der Waals surface area (Å²) >= 11 is 4.94. The zero-order valence-corrected chi connectivity index (χ0v) is 10.7. The van der Waals surface area contributed by atoms with Gasteiger partial charge in [-0.2, -0.15) is 4.31 Å². The van der Waals surface area contributed by atoms with Gasteiger partial charge in [-0.15, -0.1) is 11.3 Å². The molecule has 14 heavy (non-hydrogen) atoms. The number of thiophene rings is 1. The Morgan fingerprint density at radius 2 is 2.36 bits per heavy atom. The highest BCUT2D eigenvalue weighted by Crippen LogP contribution is 2.24. The lowest BCUT2D eigenvalue weighted by Gasteiger charge is -2.12. The van der Waals surface area contributed by atoms with Gasteiger partial charge < -0.3 is 0 Å². The predicted molar refractivity (Wildman–Crippen MR) is 60.8 cm³/mol. The van der Waals surface area contributed by atoms with Crippen LogP contribution in [0.5, 0.6) is 0 Å². The highest BCUT2D eigenvalue weighted by molar-refractivity contribution is 9.11. The molecule has 1 aliphatic rings. The molecule has 0 aliphatic carbocycles. The Balaban J connectivity index is 2.12. The fourth-order valence-electron chi connectivity index (χ4n) is 1.50. The van der Waals surface area contributed by atoms with E-state index in [1.165, 1.54) is 0 Å². The average molecular weight is 296 g/mol. The van der Waals surface area contributed by atoms with Crippen LogP contribution in [0.15, 0.2) is 15.2 Å². The van der Waals surface area contributed by atoms with Crippen molar-refractivity contribution in [3.8, 4) is 0 Å². The summed E-state index contributed by atoms with van der Waals surface area (Å²) in [5.41, 5.74) is 1.06. The first kappa shape index (κ1) is 10.6. The van der Waals surface area contributed by atoms with Gasteiger partial charge in [0, 0.05) is 13.1 Å². The molecule has 78 valence electrons. The van der Waals surface area contributed by atoms with Crippen molar-refractivity contribution in [2.45, 2.75) is 13.0 Å². The van der Waals surface area contributed by atoms with E-state index in [2.05, 4.69) is 15.9 Å². The van der Waals surface area contributed by atoms with Crippen molar-refractivity contribution in [1.29, 1.82) is 0 Å². The van der Waals surface area contributed by atoms with Crippen LogP contribution in [0.25, 0.3) is 0 Å². The van der Waals surface area contributed by atoms with Crippen molar-refractivity contribution in [1.82, 2.24) is 4.31 Å². The number of nitrogens with zero attached hydrogens (tertiary/aromatic N) is 1. The molecule has 0 unspecified atom stereocenters. The fraction of sp³-hybridized carbons (Fsp3) is 0.500. The molecule has 1 fully saturated rings. The van der Waals surface area contributed by atoms with Crippen molar-refractivity contribution < 1.29 is 8.42 Å². The second-order valence-corrected chi connectivity index (χ2v) is 7.64. The Bertz CT molecular complexity index is 426. The first-order valence-corrected chi connectivity index (χ1v) is 7.57. The quantitative estimate of drug-likeness (QED) is 0.837. The highest BCUT2D eigenvalue weighted by atomic mass is 79.9. The first-order valence-electron chi connectivity index (χ1n) is 4.29. The lowest BCUT2D eigenvalue weighted by Crippen LogP contribution is -2.24. The van der Waals surface area contributed by atoms with Gasteiger partial charge in [-0.1, -0.05) is 0 Å². The third kappa shape index (κ3) is 2.18. The summed E-state index contributed by atoms with van der Waals surface area (Å²) in [5.74, 6) is 0.304. The van der Waals surface area contributed by atoms with Crippen molar-refractivity contribution >= 4 is 37.3 Å². The zero-order valence-electron chi connectivity index (χ0n) is 7.44. The molecule has 2 heterocycles. The lowest BCUT2D eigenvalue weighted by molar-refractivity contribution is 0.440. The van der Waals surface area contributed by atoms with Crippen molar-refractivity contribution in [3.63, 3.8) is 0 Å². The molecule has 0 radical (unpaired) electrons. The molecule has 1 aromatic heterocycles. The maximum Gasteiger partial charge on any atom is 0.214 e. The molecule has 0 bridgehead atoms. The molecule has 0 aromatic carbocycles. The van der Waals surface area contributed by atoms with Gasteiger partial charge in [-0.25, -0.2) is 8.42 Å². The molecular weight excluding hydrogens is 286 g/mol. The van der Waals surface area contributed by atoms with Crippen LogP contribution < -0.4 is 0 Å². The van der Waals surface area contributed by atoms with Gasteiger partial charge in [-0.3, -0.25) is 0 Å². The summed E-state index contributed by atoms with van der Waals surface area (Å²) in [4.78, 5) is 0. The van der Waals surface area contributed by atoms with Gasteiger partial charge in [0.25, 0.3) is 0 Å². The van der Waals surface area contributed by atoms with Crippen LogP contribution >= 0.6 is 27.3 Å². The minimum absolute atomic E-state index is 0.304.